The Bertz CT molecular complexity index is 581. The molecule has 1 aromatic carbocycles. The summed E-state index contributed by atoms with van der Waals surface area (Å²) in [6.07, 6.45) is 1.15. The second-order valence-corrected chi connectivity index (χ2v) is 6.55. The highest BCUT2D eigenvalue weighted by Crippen LogP contribution is 2.26. The van der Waals surface area contributed by atoms with Crippen LogP contribution in [0.2, 0.25) is 0 Å². The predicted octanol–water partition coefficient (Wildman–Crippen LogP) is 2.85. The Morgan fingerprint density at radius 3 is 2.95 bits per heavy atom. The molecular formula is C16H21FN2OS. The molecule has 21 heavy (non-hydrogen) atoms. The summed E-state index contributed by atoms with van der Waals surface area (Å²) in [6, 6.07) is 7.13. The van der Waals surface area contributed by atoms with Gasteiger partial charge >= 0.3 is 0 Å². The number of nitrogens with one attached hydrogen (secondary N) is 1. The van der Waals surface area contributed by atoms with Gasteiger partial charge in [-0.3, -0.25) is 4.90 Å². The summed E-state index contributed by atoms with van der Waals surface area (Å²) >= 11 is 1.67. The molecule has 0 radical (unpaired) electrons. The van der Waals surface area contributed by atoms with Crippen LogP contribution < -0.4 is 5.32 Å². The third-order valence-corrected chi connectivity index (χ3v) is 4.86. The molecule has 1 saturated heterocycles. The van der Waals surface area contributed by atoms with Crippen molar-refractivity contribution in [3.8, 4) is 0 Å². The van der Waals surface area contributed by atoms with Crippen molar-refractivity contribution in [1.82, 2.24) is 10.2 Å². The van der Waals surface area contributed by atoms with E-state index in [0.717, 1.165) is 62.4 Å². The minimum absolute atomic E-state index is 0.158. The Morgan fingerprint density at radius 1 is 1.24 bits per heavy atom. The van der Waals surface area contributed by atoms with Gasteiger partial charge in [0.05, 0.1) is 13.2 Å². The van der Waals surface area contributed by atoms with Crippen molar-refractivity contribution in [3.63, 3.8) is 0 Å². The van der Waals surface area contributed by atoms with Gasteiger partial charge in [0, 0.05) is 29.2 Å². The summed E-state index contributed by atoms with van der Waals surface area (Å²) in [7, 11) is 0. The lowest BCUT2D eigenvalue weighted by Crippen LogP contribution is -2.37. The average Bonchev–Trinajstić information content (AvgIpc) is 2.90. The molecule has 0 bridgehead atoms. The number of hydrogen-bond acceptors (Lipinski definition) is 4. The number of benzene rings is 1. The van der Waals surface area contributed by atoms with Gasteiger partial charge in [0.2, 0.25) is 0 Å². The van der Waals surface area contributed by atoms with Crippen LogP contribution in [0.15, 0.2) is 24.3 Å². The van der Waals surface area contributed by atoms with Crippen LogP contribution in [0.3, 0.4) is 0 Å². The van der Waals surface area contributed by atoms with Crippen LogP contribution in [-0.4, -0.2) is 44.3 Å². The van der Waals surface area contributed by atoms with Gasteiger partial charge in [-0.1, -0.05) is 6.07 Å². The van der Waals surface area contributed by atoms with Crippen LogP contribution >= 0.6 is 11.3 Å². The first-order valence-electron chi connectivity index (χ1n) is 7.50. The number of thiophene rings is 1. The van der Waals surface area contributed by atoms with E-state index in [-0.39, 0.29) is 5.82 Å². The molecule has 1 aliphatic heterocycles. The van der Waals surface area contributed by atoms with E-state index in [4.69, 9.17) is 4.74 Å². The molecule has 2 heterocycles. The van der Waals surface area contributed by atoms with Gasteiger partial charge in [-0.05, 0) is 43.1 Å². The second kappa shape index (κ2) is 7.31. The first-order chi connectivity index (χ1) is 10.3. The van der Waals surface area contributed by atoms with E-state index in [1.807, 2.05) is 6.07 Å². The van der Waals surface area contributed by atoms with Gasteiger partial charge in [-0.25, -0.2) is 4.39 Å². The van der Waals surface area contributed by atoms with Crippen molar-refractivity contribution in [1.29, 1.82) is 0 Å². The summed E-state index contributed by atoms with van der Waals surface area (Å²) in [4.78, 5) is 3.72. The molecule has 0 saturated carbocycles. The molecule has 1 N–H and O–H groups in total. The summed E-state index contributed by atoms with van der Waals surface area (Å²) < 4.78 is 19.5. The smallest absolute Gasteiger partial charge is 0.124 e. The number of fused-ring (bicyclic) bond motifs is 1. The van der Waals surface area contributed by atoms with E-state index < -0.39 is 0 Å². The summed E-state index contributed by atoms with van der Waals surface area (Å²) in [5.74, 6) is -0.158. The number of ether oxygens (including phenoxy) is 1. The van der Waals surface area contributed by atoms with Gasteiger partial charge in [-0.15, -0.1) is 11.3 Å². The predicted molar refractivity (Wildman–Crippen MR) is 85.4 cm³/mol. The maximum atomic E-state index is 13.2. The van der Waals surface area contributed by atoms with Crippen molar-refractivity contribution in [2.24, 2.45) is 0 Å². The van der Waals surface area contributed by atoms with Gasteiger partial charge in [0.25, 0.3) is 0 Å². The number of nitrogens with zero attached hydrogens (tertiary/aromatic N) is 1. The summed E-state index contributed by atoms with van der Waals surface area (Å²) in [5.41, 5.74) is 0. The molecule has 5 heteroatoms. The average molecular weight is 308 g/mol. The van der Waals surface area contributed by atoms with E-state index in [9.17, 15) is 4.39 Å². The molecule has 0 unspecified atom stereocenters. The van der Waals surface area contributed by atoms with Crippen LogP contribution in [-0.2, 0) is 11.3 Å². The quantitative estimate of drug-likeness (QED) is 0.831. The van der Waals surface area contributed by atoms with Crippen LogP contribution in [0.4, 0.5) is 4.39 Å². The normalized spacial score (nSPS) is 16.6. The van der Waals surface area contributed by atoms with E-state index in [1.165, 1.54) is 10.9 Å². The van der Waals surface area contributed by atoms with Crippen LogP contribution in [0.5, 0.6) is 0 Å². The fourth-order valence-electron chi connectivity index (χ4n) is 2.61. The first kappa shape index (κ1) is 14.9. The molecule has 0 atom stereocenters. The molecule has 0 aliphatic carbocycles. The van der Waals surface area contributed by atoms with Gasteiger partial charge in [0.1, 0.15) is 5.82 Å². The molecule has 114 valence electrons. The van der Waals surface area contributed by atoms with Gasteiger partial charge in [-0.2, -0.15) is 0 Å². The van der Waals surface area contributed by atoms with E-state index in [0.29, 0.717) is 0 Å². The Labute approximate surface area is 128 Å². The molecule has 0 amide bonds. The number of rotatable bonds is 6. The second-order valence-electron chi connectivity index (χ2n) is 5.38. The third-order valence-electron chi connectivity index (χ3n) is 3.76. The lowest BCUT2D eigenvalue weighted by Gasteiger charge is -2.26. The largest absolute Gasteiger partial charge is 0.379 e. The summed E-state index contributed by atoms with van der Waals surface area (Å²) in [6.45, 7) is 6.86. The molecule has 1 aromatic heterocycles. The number of hydrogen-bond donors (Lipinski definition) is 1. The highest BCUT2D eigenvalue weighted by Gasteiger charge is 2.09. The Hall–Kier alpha value is -1.01. The van der Waals surface area contributed by atoms with Gasteiger partial charge < -0.3 is 10.1 Å². The standard InChI is InChI=1S/C16H21FN2OS/c17-14-3-2-13-10-15(21-16(13)11-14)12-18-4-1-5-19-6-8-20-9-7-19/h2-3,10-11,18H,1,4-9,12H2. The van der Waals surface area contributed by atoms with Crippen molar-refractivity contribution >= 4 is 21.4 Å². The molecule has 0 spiro atoms. The summed E-state index contributed by atoms with van der Waals surface area (Å²) in [5, 5.41) is 4.61. The monoisotopic (exact) mass is 308 g/mol. The first-order valence-corrected chi connectivity index (χ1v) is 8.32. The molecular weight excluding hydrogens is 287 g/mol. The number of halogens is 1. The molecule has 1 aliphatic rings. The van der Waals surface area contributed by atoms with Crippen molar-refractivity contribution in [2.75, 3.05) is 39.4 Å². The SMILES string of the molecule is Fc1ccc2cc(CNCCCN3CCOCC3)sc2c1. The van der Waals surface area contributed by atoms with E-state index in [1.54, 1.807) is 17.4 Å². The fourth-order valence-corrected chi connectivity index (χ4v) is 3.67. The molecule has 3 rings (SSSR count). The van der Waals surface area contributed by atoms with Crippen molar-refractivity contribution in [2.45, 2.75) is 13.0 Å². The minimum atomic E-state index is -0.158. The highest BCUT2D eigenvalue weighted by molar-refractivity contribution is 7.19. The molecule has 2 aromatic rings. The van der Waals surface area contributed by atoms with Crippen LogP contribution in [0.25, 0.3) is 10.1 Å². The molecule has 3 nitrogen and oxygen atoms in total. The Kier molecular flexibility index (Phi) is 5.19. The number of morpholine rings is 1. The highest BCUT2D eigenvalue weighted by atomic mass is 32.1. The lowest BCUT2D eigenvalue weighted by atomic mass is 10.2. The van der Waals surface area contributed by atoms with Gasteiger partial charge in [0.15, 0.2) is 0 Å². The topological polar surface area (TPSA) is 24.5 Å². The minimum Gasteiger partial charge on any atom is -0.379 e. The zero-order chi connectivity index (χ0) is 14.5. The van der Waals surface area contributed by atoms with E-state index >= 15 is 0 Å². The van der Waals surface area contributed by atoms with Crippen LogP contribution in [0.1, 0.15) is 11.3 Å². The van der Waals surface area contributed by atoms with Crippen molar-refractivity contribution in [3.05, 3.63) is 35.0 Å². The Morgan fingerprint density at radius 2 is 2.10 bits per heavy atom. The fraction of sp³-hybridized carbons (Fsp3) is 0.500. The maximum Gasteiger partial charge on any atom is 0.124 e. The van der Waals surface area contributed by atoms with Crippen LogP contribution in [0, 0.1) is 5.82 Å². The zero-order valence-electron chi connectivity index (χ0n) is 12.1. The lowest BCUT2D eigenvalue weighted by molar-refractivity contribution is 0.0374. The molecule has 1 fully saturated rings. The maximum absolute atomic E-state index is 13.2. The van der Waals surface area contributed by atoms with Crippen molar-refractivity contribution < 1.29 is 9.13 Å². The van der Waals surface area contributed by atoms with E-state index in [2.05, 4.69) is 16.3 Å². The Balaban J connectivity index is 1.40. The third kappa shape index (κ3) is 4.23. The zero-order valence-corrected chi connectivity index (χ0v) is 12.9.